The van der Waals surface area contributed by atoms with Crippen molar-refractivity contribution < 1.29 is 19.1 Å². The molecule has 1 aliphatic rings. The van der Waals surface area contributed by atoms with Crippen molar-refractivity contribution >= 4 is 18.1 Å². The van der Waals surface area contributed by atoms with Crippen molar-refractivity contribution in [3.8, 4) is 0 Å². The molecule has 1 atom stereocenters. The number of esters is 1. The van der Waals surface area contributed by atoms with Crippen molar-refractivity contribution in [2.45, 2.75) is 45.8 Å². The van der Waals surface area contributed by atoms with Crippen LogP contribution in [-0.4, -0.2) is 35.7 Å². The Labute approximate surface area is 148 Å². The molecule has 1 amide bonds. The molecule has 134 valence electrons. The fourth-order valence-corrected chi connectivity index (χ4v) is 2.30. The number of rotatable bonds is 3. The molecule has 0 spiro atoms. The Balaban J connectivity index is 2.01. The van der Waals surface area contributed by atoms with E-state index in [1.165, 1.54) is 11.9 Å². The van der Waals surface area contributed by atoms with Crippen molar-refractivity contribution in [1.29, 1.82) is 0 Å². The van der Waals surface area contributed by atoms with Crippen LogP contribution in [0, 0.1) is 0 Å². The molecule has 0 bridgehead atoms. The lowest BCUT2D eigenvalue weighted by Crippen LogP contribution is -2.43. The summed E-state index contributed by atoms with van der Waals surface area (Å²) in [6.07, 6.45) is 5.58. The molecule has 0 heterocycles. The van der Waals surface area contributed by atoms with Crippen molar-refractivity contribution in [3.63, 3.8) is 0 Å². The molecule has 1 aliphatic carbocycles. The van der Waals surface area contributed by atoms with E-state index in [9.17, 15) is 9.59 Å². The Kier molecular flexibility index (Phi) is 5.67. The van der Waals surface area contributed by atoms with Crippen molar-refractivity contribution in [1.82, 2.24) is 4.90 Å². The molecule has 5 heteroatoms. The molecule has 2 rings (SSSR count). The van der Waals surface area contributed by atoms with Gasteiger partial charge >= 0.3 is 12.1 Å². The van der Waals surface area contributed by atoms with E-state index in [1.807, 2.05) is 36.4 Å². The number of carbonyl (C=O) groups is 2. The van der Waals surface area contributed by atoms with Crippen LogP contribution in [0.4, 0.5) is 4.79 Å². The topological polar surface area (TPSA) is 55.8 Å². The maximum Gasteiger partial charge on any atom is 0.410 e. The average molecular weight is 343 g/mol. The van der Waals surface area contributed by atoms with Crippen LogP contribution in [0.3, 0.4) is 0 Å². The zero-order chi connectivity index (χ0) is 18.6. The number of allylic oxidation sites excluding steroid dienone is 3. The van der Waals surface area contributed by atoms with E-state index >= 15 is 0 Å². The molecule has 0 radical (unpaired) electrons. The van der Waals surface area contributed by atoms with Crippen LogP contribution in [0.5, 0.6) is 0 Å². The van der Waals surface area contributed by atoms with Gasteiger partial charge in [0.05, 0.1) is 0 Å². The van der Waals surface area contributed by atoms with E-state index < -0.39 is 23.7 Å². The van der Waals surface area contributed by atoms with Gasteiger partial charge in [-0.1, -0.05) is 36.4 Å². The predicted octanol–water partition coefficient (Wildman–Crippen LogP) is 3.94. The van der Waals surface area contributed by atoms with Crippen molar-refractivity contribution in [2.24, 2.45) is 0 Å². The van der Waals surface area contributed by atoms with Crippen molar-refractivity contribution in [2.75, 3.05) is 7.05 Å². The molecule has 0 fully saturated rings. The minimum absolute atomic E-state index is 0.493. The summed E-state index contributed by atoms with van der Waals surface area (Å²) in [7, 11) is 1.52. The maximum absolute atomic E-state index is 12.4. The quantitative estimate of drug-likeness (QED) is 0.780. The van der Waals surface area contributed by atoms with Crippen LogP contribution in [0.25, 0.3) is 6.08 Å². The number of nitrogens with zero attached hydrogens (tertiary/aromatic N) is 1. The number of ether oxygens (including phenoxy) is 2. The van der Waals surface area contributed by atoms with Crippen LogP contribution in [0.1, 0.15) is 38.8 Å². The smallest absolute Gasteiger partial charge is 0.410 e. The molecule has 5 nitrogen and oxygen atoms in total. The highest BCUT2D eigenvalue weighted by atomic mass is 16.6. The van der Waals surface area contributed by atoms with Gasteiger partial charge in [-0.3, -0.25) is 4.90 Å². The SMILES string of the molecule is CC(C(=O)OC1=CC=Cc2ccccc2C1)N(C)C(=O)OC(C)(C)C. The molecule has 0 saturated heterocycles. The fraction of sp³-hybridized carbons (Fsp3) is 0.400. The van der Waals surface area contributed by atoms with E-state index in [0.29, 0.717) is 12.2 Å². The zero-order valence-corrected chi connectivity index (χ0v) is 15.4. The molecule has 0 saturated carbocycles. The Hall–Kier alpha value is -2.56. The first kappa shape index (κ1) is 18.8. The molecule has 1 unspecified atom stereocenters. The lowest BCUT2D eigenvalue weighted by atomic mass is 10.1. The summed E-state index contributed by atoms with van der Waals surface area (Å²) in [5.41, 5.74) is 1.57. The molecule has 1 aromatic carbocycles. The van der Waals surface area contributed by atoms with Gasteiger partial charge in [0.1, 0.15) is 17.4 Å². The Morgan fingerprint density at radius 2 is 1.88 bits per heavy atom. The summed E-state index contributed by atoms with van der Waals surface area (Å²) in [4.78, 5) is 25.7. The van der Waals surface area contributed by atoms with Crippen LogP contribution < -0.4 is 0 Å². The lowest BCUT2D eigenvalue weighted by Gasteiger charge is -2.27. The van der Waals surface area contributed by atoms with E-state index in [4.69, 9.17) is 9.47 Å². The maximum atomic E-state index is 12.4. The molecular weight excluding hydrogens is 318 g/mol. The average Bonchev–Trinajstić information content (AvgIpc) is 2.73. The Morgan fingerprint density at radius 1 is 1.20 bits per heavy atom. The summed E-state index contributed by atoms with van der Waals surface area (Å²) < 4.78 is 10.8. The first-order valence-electron chi connectivity index (χ1n) is 8.30. The number of hydrogen-bond donors (Lipinski definition) is 0. The number of benzene rings is 1. The minimum atomic E-state index is -0.752. The predicted molar refractivity (Wildman–Crippen MR) is 96.8 cm³/mol. The monoisotopic (exact) mass is 343 g/mol. The van der Waals surface area contributed by atoms with Gasteiger partial charge in [-0.05, 0) is 44.9 Å². The van der Waals surface area contributed by atoms with Gasteiger partial charge in [0, 0.05) is 13.5 Å². The minimum Gasteiger partial charge on any atom is -0.444 e. The van der Waals surface area contributed by atoms with Gasteiger partial charge in [0.2, 0.25) is 0 Å². The van der Waals surface area contributed by atoms with Gasteiger partial charge in [-0.2, -0.15) is 0 Å². The second-order valence-electron chi connectivity index (χ2n) is 7.06. The summed E-state index contributed by atoms with van der Waals surface area (Å²) >= 11 is 0. The molecule has 25 heavy (non-hydrogen) atoms. The van der Waals surface area contributed by atoms with Gasteiger partial charge in [-0.25, -0.2) is 9.59 Å². The second-order valence-corrected chi connectivity index (χ2v) is 7.06. The zero-order valence-electron chi connectivity index (χ0n) is 15.4. The highest BCUT2D eigenvalue weighted by molar-refractivity contribution is 5.81. The molecule has 1 aromatic rings. The van der Waals surface area contributed by atoms with Gasteiger partial charge in [0.15, 0.2) is 0 Å². The first-order chi connectivity index (χ1) is 11.7. The lowest BCUT2D eigenvalue weighted by molar-refractivity contribution is -0.144. The van der Waals surface area contributed by atoms with Gasteiger partial charge in [0.25, 0.3) is 0 Å². The number of carbonyl (C=O) groups excluding carboxylic acids is 2. The Bertz CT molecular complexity index is 713. The van der Waals surface area contributed by atoms with Gasteiger partial charge < -0.3 is 9.47 Å². The standard InChI is InChI=1S/C20H25NO4/c1-14(21(5)19(23)25-20(2,3)4)18(22)24-17-12-8-11-15-9-6-7-10-16(15)13-17/h6-12,14H,13H2,1-5H3. The van der Waals surface area contributed by atoms with Crippen LogP contribution >= 0.6 is 0 Å². The van der Waals surface area contributed by atoms with Crippen molar-refractivity contribution in [3.05, 3.63) is 53.3 Å². The highest BCUT2D eigenvalue weighted by Gasteiger charge is 2.28. The summed E-state index contributed by atoms with van der Waals surface area (Å²) in [6, 6.07) is 7.19. The number of hydrogen-bond acceptors (Lipinski definition) is 4. The van der Waals surface area contributed by atoms with E-state index in [-0.39, 0.29) is 0 Å². The van der Waals surface area contributed by atoms with Crippen LogP contribution in [0.2, 0.25) is 0 Å². The first-order valence-corrected chi connectivity index (χ1v) is 8.30. The van der Waals surface area contributed by atoms with Gasteiger partial charge in [-0.15, -0.1) is 0 Å². The third-order valence-corrected chi connectivity index (χ3v) is 3.81. The molecular formula is C20H25NO4. The fourth-order valence-electron chi connectivity index (χ4n) is 2.30. The number of fused-ring (bicyclic) bond motifs is 1. The third kappa shape index (κ3) is 5.21. The van der Waals surface area contributed by atoms with E-state index in [1.54, 1.807) is 33.8 Å². The summed E-state index contributed by atoms with van der Waals surface area (Å²) in [5, 5.41) is 0. The van der Waals surface area contributed by atoms with E-state index in [2.05, 4.69) is 0 Å². The van der Waals surface area contributed by atoms with Crippen LogP contribution in [0.15, 0.2) is 42.2 Å². The Morgan fingerprint density at radius 3 is 2.56 bits per heavy atom. The highest BCUT2D eigenvalue weighted by Crippen LogP contribution is 2.20. The summed E-state index contributed by atoms with van der Waals surface area (Å²) in [6.45, 7) is 6.96. The molecule has 0 N–H and O–H groups in total. The third-order valence-electron chi connectivity index (χ3n) is 3.81. The number of amides is 1. The van der Waals surface area contributed by atoms with E-state index in [0.717, 1.165) is 11.1 Å². The van der Waals surface area contributed by atoms with Crippen LogP contribution in [-0.2, 0) is 20.7 Å². The normalized spacial score (nSPS) is 14.7. The second kappa shape index (κ2) is 7.55. The molecule has 0 aliphatic heterocycles. The number of likely N-dealkylation sites (N-methyl/N-ethyl adjacent to an activating group) is 1. The molecule has 0 aromatic heterocycles. The largest absolute Gasteiger partial charge is 0.444 e. The summed E-state index contributed by atoms with van der Waals surface area (Å²) in [5.74, 6) is 0.0584.